The Labute approximate surface area is 90.3 Å². The molecule has 0 amide bonds. The van der Waals surface area contributed by atoms with Gasteiger partial charge in [-0.05, 0) is 14.0 Å². The molecule has 1 atom stereocenters. The predicted octanol–water partition coefficient (Wildman–Crippen LogP) is 2.45. The highest BCUT2D eigenvalue weighted by Crippen LogP contribution is 2.33. The average Bonchev–Trinajstić information content (AvgIpc) is 2.56. The Morgan fingerprint density at radius 1 is 1.62 bits per heavy atom. The van der Waals surface area contributed by atoms with Gasteiger partial charge in [-0.2, -0.15) is 0 Å². The highest BCUT2D eigenvalue weighted by atomic mass is 32.2. The van der Waals surface area contributed by atoms with Crippen molar-refractivity contribution in [2.24, 2.45) is 0 Å². The van der Waals surface area contributed by atoms with E-state index < -0.39 is 0 Å². The molecule has 78 valence electrons. The molecular formula is C9H20N2S2. The summed E-state index contributed by atoms with van der Waals surface area (Å²) in [6, 6.07) is 0. The lowest BCUT2D eigenvalue weighted by molar-refractivity contribution is 0.871. The smallest absolute Gasteiger partial charge is 0.0741 e. The largest absolute Gasteiger partial charge is 0.378 e. The molecule has 4 heteroatoms. The Morgan fingerprint density at radius 2 is 2.31 bits per heavy atom. The molecule has 1 rings (SSSR count). The van der Waals surface area contributed by atoms with Crippen LogP contribution in [0, 0.1) is 0 Å². The van der Waals surface area contributed by atoms with Crippen LogP contribution in [0.2, 0.25) is 0 Å². The summed E-state index contributed by atoms with van der Waals surface area (Å²) in [5, 5.41) is 6.94. The number of nitrogens with one attached hydrogen (secondary N) is 2. The first kappa shape index (κ1) is 13.2. The first-order valence-electron chi connectivity index (χ1n) is 4.73. The van der Waals surface area contributed by atoms with Crippen LogP contribution in [0.3, 0.4) is 0 Å². The van der Waals surface area contributed by atoms with Crippen LogP contribution in [-0.4, -0.2) is 24.7 Å². The van der Waals surface area contributed by atoms with Crippen molar-refractivity contribution < 1.29 is 0 Å². The Bertz CT molecular complexity index is 149. The van der Waals surface area contributed by atoms with Crippen molar-refractivity contribution >= 4 is 23.5 Å². The summed E-state index contributed by atoms with van der Waals surface area (Å²) < 4.78 is 1.41. The number of thioether (sulfide) groups is 2. The van der Waals surface area contributed by atoms with Crippen molar-refractivity contribution in [1.29, 1.82) is 0 Å². The summed E-state index contributed by atoms with van der Waals surface area (Å²) in [6.45, 7) is 7.25. The fourth-order valence-electron chi connectivity index (χ4n) is 0.757. The van der Waals surface area contributed by atoms with Crippen molar-refractivity contribution in [2.45, 2.75) is 26.1 Å². The first-order chi connectivity index (χ1) is 6.33. The van der Waals surface area contributed by atoms with Gasteiger partial charge in [0.05, 0.1) is 9.61 Å². The van der Waals surface area contributed by atoms with Crippen molar-refractivity contribution in [2.75, 3.05) is 19.3 Å². The third-order valence-corrected chi connectivity index (χ3v) is 3.62. The SMILES string of the molecule is CC.CNCCSC1=CNC(C)S1. The van der Waals surface area contributed by atoms with E-state index in [0.717, 1.165) is 12.3 Å². The molecule has 1 aliphatic heterocycles. The van der Waals surface area contributed by atoms with E-state index in [1.807, 2.05) is 44.4 Å². The van der Waals surface area contributed by atoms with Crippen molar-refractivity contribution in [3.8, 4) is 0 Å². The van der Waals surface area contributed by atoms with Crippen LogP contribution in [0.4, 0.5) is 0 Å². The molecule has 0 saturated heterocycles. The van der Waals surface area contributed by atoms with Crippen molar-refractivity contribution in [1.82, 2.24) is 10.6 Å². The molecule has 1 aliphatic rings. The fraction of sp³-hybridized carbons (Fsp3) is 0.778. The normalized spacial score (nSPS) is 20.0. The maximum atomic E-state index is 3.26. The molecule has 0 spiro atoms. The highest BCUT2D eigenvalue weighted by Gasteiger charge is 2.11. The van der Waals surface area contributed by atoms with Gasteiger partial charge in [0.25, 0.3) is 0 Å². The minimum Gasteiger partial charge on any atom is -0.378 e. The zero-order valence-electron chi connectivity index (χ0n) is 8.89. The topological polar surface area (TPSA) is 24.1 Å². The molecule has 0 aliphatic carbocycles. The molecule has 0 bridgehead atoms. The lowest BCUT2D eigenvalue weighted by Crippen LogP contribution is -2.09. The molecule has 13 heavy (non-hydrogen) atoms. The van der Waals surface area contributed by atoms with E-state index in [1.54, 1.807) is 0 Å². The van der Waals surface area contributed by atoms with Gasteiger partial charge in [0.1, 0.15) is 0 Å². The van der Waals surface area contributed by atoms with E-state index in [1.165, 1.54) is 4.24 Å². The lowest BCUT2D eigenvalue weighted by atomic mass is 10.7. The Hall–Kier alpha value is 0.200. The van der Waals surface area contributed by atoms with Crippen LogP contribution in [0.15, 0.2) is 10.4 Å². The van der Waals surface area contributed by atoms with Gasteiger partial charge < -0.3 is 10.6 Å². The van der Waals surface area contributed by atoms with Crippen LogP contribution in [0.5, 0.6) is 0 Å². The molecule has 2 N–H and O–H groups in total. The van der Waals surface area contributed by atoms with Gasteiger partial charge in [0.2, 0.25) is 0 Å². The van der Waals surface area contributed by atoms with Gasteiger partial charge in [0, 0.05) is 18.5 Å². The summed E-state index contributed by atoms with van der Waals surface area (Å²) in [6.07, 6.45) is 2.11. The van der Waals surface area contributed by atoms with E-state index in [2.05, 4.69) is 23.8 Å². The Balaban J connectivity index is 0.000000671. The second-order valence-electron chi connectivity index (χ2n) is 2.34. The van der Waals surface area contributed by atoms with Gasteiger partial charge in [-0.3, -0.25) is 0 Å². The zero-order valence-corrected chi connectivity index (χ0v) is 10.5. The predicted molar refractivity (Wildman–Crippen MR) is 66.0 cm³/mol. The second kappa shape index (κ2) is 8.78. The Morgan fingerprint density at radius 3 is 2.77 bits per heavy atom. The molecule has 0 radical (unpaired) electrons. The molecule has 0 fully saturated rings. The molecule has 0 aromatic heterocycles. The van der Waals surface area contributed by atoms with Crippen LogP contribution < -0.4 is 10.6 Å². The van der Waals surface area contributed by atoms with E-state index >= 15 is 0 Å². The van der Waals surface area contributed by atoms with Crippen LogP contribution in [0.25, 0.3) is 0 Å². The van der Waals surface area contributed by atoms with Crippen molar-refractivity contribution in [3.63, 3.8) is 0 Å². The summed E-state index contributed by atoms with van der Waals surface area (Å²) in [7, 11) is 1.98. The molecular weight excluding hydrogens is 200 g/mol. The highest BCUT2D eigenvalue weighted by molar-refractivity contribution is 8.22. The van der Waals surface area contributed by atoms with E-state index in [4.69, 9.17) is 0 Å². The fourth-order valence-corrected chi connectivity index (χ4v) is 2.99. The third kappa shape index (κ3) is 6.29. The summed E-state index contributed by atoms with van der Waals surface area (Å²) in [5.41, 5.74) is 0. The zero-order chi connectivity index (χ0) is 10.1. The molecule has 1 heterocycles. The van der Waals surface area contributed by atoms with E-state index in [-0.39, 0.29) is 0 Å². The van der Waals surface area contributed by atoms with E-state index in [0.29, 0.717) is 5.37 Å². The quantitative estimate of drug-likeness (QED) is 0.711. The van der Waals surface area contributed by atoms with Crippen LogP contribution >= 0.6 is 23.5 Å². The monoisotopic (exact) mass is 220 g/mol. The minimum absolute atomic E-state index is 0.562. The number of rotatable bonds is 4. The van der Waals surface area contributed by atoms with Gasteiger partial charge in [0.15, 0.2) is 0 Å². The maximum absolute atomic E-state index is 3.26. The maximum Gasteiger partial charge on any atom is 0.0741 e. The van der Waals surface area contributed by atoms with E-state index in [9.17, 15) is 0 Å². The third-order valence-electron chi connectivity index (χ3n) is 1.33. The summed E-state index contributed by atoms with van der Waals surface area (Å²) in [5.74, 6) is 1.16. The first-order valence-corrected chi connectivity index (χ1v) is 6.59. The number of hydrogen-bond acceptors (Lipinski definition) is 4. The molecule has 0 aromatic rings. The molecule has 2 nitrogen and oxygen atoms in total. The van der Waals surface area contributed by atoms with Gasteiger partial charge >= 0.3 is 0 Å². The van der Waals surface area contributed by atoms with Gasteiger partial charge in [-0.25, -0.2) is 0 Å². The van der Waals surface area contributed by atoms with Gasteiger partial charge in [-0.1, -0.05) is 25.6 Å². The van der Waals surface area contributed by atoms with Gasteiger partial charge in [-0.15, -0.1) is 11.8 Å². The van der Waals surface area contributed by atoms with Crippen LogP contribution in [-0.2, 0) is 0 Å². The molecule has 0 aromatic carbocycles. The minimum atomic E-state index is 0.562. The number of hydrogen-bond donors (Lipinski definition) is 2. The summed E-state index contributed by atoms with van der Waals surface area (Å²) in [4.78, 5) is 0. The van der Waals surface area contributed by atoms with Crippen molar-refractivity contribution in [3.05, 3.63) is 10.4 Å². The second-order valence-corrected chi connectivity index (χ2v) is 5.12. The summed E-state index contributed by atoms with van der Waals surface area (Å²) >= 11 is 3.81. The standard InChI is InChI=1S/C7H14N2S2.C2H6/c1-6-9-5-7(11-6)10-4-3-8-2;1-2/h5-6,8-9H,3-4H2,1-2H3;1-2H3. The Kier molecular flexibility index (Phi) is 8.92. The average molecular weight is 220 g/mol. The lowest BCUT2D eigenvalue weighted by Gasteiger charge is -2.01. The molecule has 1 unspecified atom stereocenters. The van der Waals surface area contributed by atoms with Crippen LogP contribution in [0.1, 0.15) is 20.8 Å². The molecule has 0 saturated carbocycles.